The summed E-state index contributed by atoms with van der Waals surface area (Å²) in [5.41, 5.74) is 46.0. The van der Waals surface area contributed by atoms with Crippen molar-refractivity contribution in [2.75, 3.05) is 0 Å². The van der Waals surface area contributed by atoms with Crippen LogP contribution in [0.5, 0.6) is 0 Å². The molecule has 0 aromatic heterocycles. The standard InChI is InChI=1S/C96H48/c1-2-26-62-61(25-1)85-49-50-87-65-29-5-7-31-67(65)89(68-32-8-6-30-66(68)87)53-54-91-73-37-13-15-39-75(73)93(76-40-16-14-38-74(76)91)57-58-95-81-45-21-23-47-83(81)96(84-48-24-22-46-82(84)95)60-59-94-79-43-19-17-41-77(79)92(78-42-18-20-44-80(78)94)56-55-90-71-35-11-9-33-69(71)88(70-34-10-12-36-72(70)90)52-51-86(62)64-28-4-3-27-63(64)85/h1-48H. The van der Waals surface area contributed by atoms with Crippen LogP contribution in [0.15, 0.2) is 291 Å². The zero-order valence-electron chi connectivity index (χ0n) is 51.7. The Balaban J connectivity index is 1.10. The van der Waals surface area contributed by atoms with E-state index in [1.54, 1.807) is 0 Å². The quantitative estimate of drug-likeness (QED) is 0.133. The fourth-order valence-corrected chi connectivity index (χ4v) is 15.1. The number of hydrogen-bond donors (Lipinski definition) is 0. The van der Waals surface area contributed by atoms with Crippen molar-refractivity contribution in [2.24, 2.45) is 0 Å². The van der Waals surface area contributed by atoms with Gasteiger partial charge in [0.25, 0.3) is 0 Å². The Morgan fingerprint density at radius 2 is 0.135 bits per heavy atom. The van der Waals surface area contributed by atoms with E-state index in [-0.39, 0.29) is 0 Å². The number of hydrogen-bond acceptors (Lipinski definition) is 0. The first kappa shape index (κ1) is 54.2. The van der Waals surface area contributed by atoms with E-state index in [0.717, 1.165) is 192 Å². The highest BCUT2D eigenvalue weighted by atomic mass is 14.1. The number of benzene rings is 18. The minimum absolute atomic E-state index is 0.959. The fourth-order valence-electron chi connectivity index (χ4n) is 15.1. The van der Waals surface area contributed by atoms with Gasteiger partial charge in [-0.15, -0.1) is 0 Å². The van der Waals surface area contributed by atoms with Crippen LogP contribution < -0.4 is 62.6 Å². The molecule has 0 N–H and O–H groups in total. The first-order valence-electron chi connectivity index (χ1n) is 32.4. The van der Waals surface area contributed by atoms with Crippen molar-refractivity contribution in [3.05, 3.63) is 354 Å². The fraction of sp³-hybridized carbons (Fsp3) is 0. The van der Waals surface area contributed by atoms with Gasteiger partial charge in [0, 0.05) is 62.6 Å². The van der Waals surface area contributed by atoms with Crippen molar-refractivity contribution in [1.82, 2.24) is 0 Å². The zero-order chi connectivity index (χ0) is 63.2. The summed E-state index contributed by atoms with van der Waals surface area (Å²) in [4.78, 5) is 0. The number of fused-ring (bicyclic) bond motifs is 18. The molecule has 0 saturated heterocycles. The van der Waals surface area contributed by atoms with E-state index >= 15 is 0 Å². The maximum Gasteiger partial charge on any atom is 0.0406 e. The van der Waals surface area contributed by atoms with Gasteiger partial charge in [-0.3, -0.25) is 0 Å². The van der Waals surface area contributed by atoms with Gasteiger partial charge < -0.3 is 0 Å². The molecule has 0 radical (unpaired) electrons. The Morgan fingerprint density at radius 1 is 0.0833 bits per heavy atom. The predicted molar refractivity (Wildman–Crippen MR) is 405 cm³/mol. The monoisotopic (exact) mass is 1200 g/mol. The average Bonchev–Trinajstić information content (AvgIpc) is 0.818. The molecule has 1 aliphatic carbocycles. The van der Waals surface area contributed by atoms with Crippen molar-refractivity contribution in [2.45, 2.75) is 0 Å². The lowest BCUT2D eigenvalue weighted by Crippen LogP contribution is -2.15. The number of rotatable bonds is 0. The van der Waals surface area contributed by atoms with Crippen LogP contribution in [0.25, 0.3) is 198 Å². The average molecular weight is 1200 g/mol. The molecule has 0 heterocycles. The van der Waals surface area contributed by atoms with E-state index in [1.165, 1.54) is 0 Å². The van der Waals surface area contributed by atoms with E-state index in [2.05, 4.69) is 360 Å². The molecule has 12 bridgehead atoms. The van der Waals surface area contributed by atoms with Gasteiger partial charge in [0.2, 0.25) is 0 Å². The Morgan fingerprint density at radius 3 is 0.188 bits per heavy atom. The highest BCUT2D eigenvalue weighted by Gasteiger charge is 2.12. The smallest absolute Gasteiger partial charge is 0.0406 e. The molecule has 18 aromatic rings. The van der Waals surface area contributed by atoms with Crippen LogP contribution in [0.2, 0.25) is 0 Å². The minimum atomic E-state index is 0.959. The zero-order valence-corrected chi connectivity index (χ0v) is 51.7. The van der Waals surface area contributed by atoms with Gasteiger partial charge in [0.1, 0.15) is 0 Å². The van der Waals surface area contributed by atoms with Crippen LogP contribution in [0.1, 0.15) is 0 Å². The van der Waals surface area contributed by atoms with Crippen LogP contribution in [0.4, 0.5) is 0 Å². The van der Waals surface area contributed by atoms with Gasteiger partial charge in [0.05, 0.1) is 0 Å². The second kappa shape index (κ2) is 22.1. The lowest BCUT2D eigenvalue weighted by molar-refractivity contribution is 1.68. The third kappa shape index (κ3) is 8.50. The summed E-state index contributed by atoms with van der Waals surface area (Å²) in [6.45, 7) is 0. The first-order chi connectivity index (χ1) is 47.7. The van der Waals surface area contributed by atoms with Crippen molar-refractivity contribution >= 4 is 198 Å². The summed E-state index contributed by atoms with van der Waals surface area (Å²) in [6.07, 6.45) is 0. The van der Waals surface area contributed by atoms with E-state index < -0.39 is 0 Å². The molecule has 96 heavy (non-hydrogen) atoms. The Kier molecular flexibility index (Phi) is 12.5. The molecule has 0 aliphatic heterocycles. The van der Waals surface area contributed by atoms with Gasteiger partial charge in [-0.1, -0.05) is 360 Å². The molecule has 0 heteroatoms. The SMILES string of the molecule is C1=C=c2c3ccccc3c(c3ccccc23)=C=C=c2c3ccccc3c(c3ccccc23)=C=C=c2c3ccccc3c(c3ccccc23)=C=C=c2c3ccccc3c(c3ccccc23)=C=C=c2c3ccccc3c(c3ccccc23)=C=C=c2c3ccccc3c=1c1ccccc21. The van der Waals surface area contributed by atoms with Crippen LogP contribution in [-0.4, -0.2) is 0 Å². The van der Waals surface area contributed by atoms with Crippen molar-refractivity contribution in [1.29, 1.82) is 0 Å². The van der Waals surface area contributed by atoms with E-state index in [0.29, 0.717) is 0 Å². The lowest BCUT2D eigenvalue weighted by Gasteiger charge is -2.06. The Bertz CT molecular complexity index is 5810. The summed E-state index contributed by atoms with van der Waals surface area (Å²) >= 11 is 0. The van der Waals surface area contributed by atoms with Crippen LogP contribution >= 0.6 is 0 Å². The van der Waals surface area contributed by atoms with Gasteiger partial charge in [-0.2, -0.15) is 0 Å². The Labute approximate surface area is 548 Å². The molecule has 0 atom stereocenters. The van der Waals surface area contributed by atoms with E-state index in [1.807, 2.05) is 0 Å². The summed E-state index contributed by atoms with van der Waals surface area (Å²) in [5.74, 6) is 0. The molecule has 0 nitrogen and oxygen atoms in total. The molecule has 19 rings (SSSR count). The summed E-state index contributed by atoms with van der Waals surface area (Å²) in [6, 6.07) is 103. The summed E-state index contributed by atoms with van der Waals surface area (Å²) in [5, 5.41) is 36.6. The van der Waals surface area contributed by atoms with E-state index in [4.69, 9.17) is 0 Å². The molecule has 0 amide bonds. The van der Waals surface area contributed by atoms with Gasteiger partial charge in [-0.25, -0.2) is 0 Å². The summed E-state index contributed by atoms with van der Waals surface area (Å²) < 4.78 is 0. The largest absolute Gasteiger partial charge is 0.0616 e. The minimum Gasteiger partial charge on any atom is -0.0616 e. The third-order valence-corrected chi connectivity index (χ3v) is 19.5. The second-order valence-corrected chi connectivity index (χ2v) is 24.5. The molecular weight excluding hydrogens is 1150 g/mol. The van der Waals surface area contributed by atoms with Crippen molar-refractivity contribution in [3.63, 3.8) is 0 Å². The molecule has 0 unspecified atom stereocenters. The molecule has 0 saturated carbocycles. The van der Waals surface area contributed by atoms with Crippen LogP contribution in [-0.2, 0) is 0 Å². The molecule has 432 valence electrons. The van der Waals surface area contributed by atoms with Crippen LogP contribution in [0, 0.1) is 0 Å². The molecule has 18 aromatic carbocycles. The maximum atomic E-state index is 3.83. The van der Waals surface area contributed by atoms with Gasteiger partial charge >= 0.3 is 0 Å². The first-order valence-corrected chi connectivity index (χ1v) is 32.4. The predicted octanol–water partition coefficient (Wildman–Crippen LogP) is 13.9. The molecule has 0 fully saturated rings. The maximum absolute atomic E-state index is 3.83. The second-order valence-electron chi connectivity index (χ2n) is 24.5. The topological polar surface area (TPSA) is 0 Å². The summed E-state index contributed by atoms with van der Waals surface area (Å²) in [7, 11) is 0. The highest BCUT2D eigenvalue weighted by molar-refractivity contribution is 6.08. The Hall–Kier alpha value is -13.6. The van der Waals surface area contributed by atoms with Crippen molar-refractivity contribution in [3.8, 4) is 0 Å². The van der Waals surface area contributed by atoms with Gasteiger partial charge in [-0.05, 0) is 129 Å². The highest BCUT2D eigenvalue weighted by Crippen LogP contribution is 2.21. The lowest BCUT2D eigenvalue weighted by atomic mass is 9.96. The normalized spacial score (nSPS) is 11.8. The molecule has 0 spiro atoms. The van der Waals surface area contributed by atoms with Crippen LogP contribution in [0.3, 0.4) is 0 Å². The van der Waals surface area contributed by atoms with Crippen molar-refractivity contribution < 1.29 is 0 Å². The van der Waals surface area contributed by atoms with E-state index in [9.17, 15) is 0 Å². The molecular formula is C96H48. The third-order valence-electron chi connectivity index (χ3n) is 19.5. The van der Waals surface area contributed by atoms with Gasteiger partial charge in [0.15, 0.2) is 0 Å². The molecule has 1 aliphatic rings.